The highest BCUT2D eigenvalue weighted by atomic mass is 32.2. The van der Waals surface area contributed by atoms with Gasteiger partial charge in [0.05, 0.1) is 9.79 Å². The molecule has 11 nitrogen and oxygen atoms in total. The molecule has 0 fully saturated rings. The molecular formula is C23H25N5O6S2. The van der Waals surface area contributed by atoms with Crippen LogP contribution in [0, 0.1) is 0 Å². The molecule has 0 aliphatic carbocycles. The maximum Gasteiger partial charge on any atom is 0.225 e. The van der Waals surface area contributed by atoms with Crippen LogP contribution in [0.4, 0.5) is 17.2 Å². The fraction of sp³-hybridized carbons (Fsp3) is 0.217. The summed E-state index contributed by atoms with van der Waals surface area (Å²) >= 11 is 0. The van der Waals surface area contributed by atoms with Crippen LogP contribution in [0.1, 0.15) is 39.4 Å². The van der Waals surface area contributed by atoms with Gasteiger partial charge in [-0.1, -0.05) is 13.8 Å². The number of nitrogens with zero attached hydrogens (tertiary/aromatic N) is 2. The highest BCUT2D eigenvalue weighted by Gasteiger charge is 2.35. The highest BCUT2D eigenvalue weighted by Crippen LogP contribution is 2.34. The minimum Gasteiger partial charge on any atom is -0.382 e. The maximum atomic E-state index is 13.6. The molecule has 0 bridgehead atoms. The summed E-state index contributed by atoms with van der Waals surface area (Å²) in [6.45, 7) is 6.03. The molecule has 2 aromatic carbocycles. The molecule has 0 unspecified atom stereocenters. The minimum absolute atomic E-state index is 0.0564. The number of nitrogen functional groups attached to an aromatic ring is 1. The van der Waals surface area contributed by atoms with E-state index in [0.29, 0.717) is 11.4 Å². The predicted molar refractivity (Wildman–Crippen MR) is 133 cm³/mol. The normalized spacial score (nSPS) is 11.8. The Labute approximate surface area is 209 Å². The van der Waals surface area contributed by atoms with Gasteiger partial charge in [-0.15, -0.1) is 0 Å². The molecule has 3 aromatic rings. The molecule has 1 heterocycles. The Hall–Kier alpha value is -3.84. The second-order valence-electron chi connectivity index (χ2n) is 8.17. The molecule has 0 saturated heterocycles. The number of amides is 2. The topological polar surface area (TPSA) is 178 Å². The number of carbonyl (C=O) groups excluding carboxylic acids is 2. The molecule has 190 valence electrons. The summed E-state index contributed by atoms with van der Waals surface area (Å²) in [6.07, 6.45) is 0. The quantitative estimate of drug-likeness (QED) is 0.387. The van der Waals surface area contributed by atoms with Crippen molar-refractivity contribution >= 4 is 48.7 Å². The van der Waals surface area contributed by atoms with E-state index in [-0.39, 0.29) is 33.3 Å². The van der Waals surface area contributed by atoms with Crippen LogP contribution in [0.5, 0.6) is 0 Å². The lowest BCUT2D eigenvalue weighted by atomic mass is 10.2. The van der Waals surface area contributed by atoms with Gasteiger partial charge in [0.15, 0.2) is 9.92 Å². The molecule has 0 aliphatic heterocycles. The van der Waals surface area contributed by atoms with Gasteiger partial charge in [-0.2, -0.15) is 0 Å². The number of aromatic nitrogens is 2. The van der Waals surface area contributed by atoms with Gasteiger partial charge in [-0.25, -0.2) is 26.8 Å². The van der Waals surface area contributed by atoms with Crippen molar-refractivity contribution in [3.05, 3.63) is 54.4 Å². The number of rotatable bonds is 7. The third-order valence-electron chi connectivity index (χ3n) is 4.89. The Kier molecular flexibility index (Phi) is 7.46. The summed E-state index contributed by atoms with van der Waals surface area (Å²) in [5.74, 6) is -1.48. The van der Waals surface area contributed by atoms with E-state index in [2.05, 4.69) is 20.6 Å². The van der Waals surface area contributed by atoms with Crippen molar-refractivity contribution in [1.82, 2.24) is 9.97 Å². The van der Waals surface area contributed by atoms with Crippen LogP contribution in [0.2, 0.25) is 0 Å². The number of carbonyl (C=O) groups is 2. The van der Waals surface area contributed by atoms with Gasteiger partial charge in [0, 0.05) is 31.1 Å². The molecule has 3 rings (SSSR count). The zero-order chi connectivity index (χ0) is 26.8. The number of anilines is 3. The van der Waals surface area contributed by atoms with Crippen LogP contribution < -0.4 is 16.4 Å². The van der Waals surface area contributed by atoms with Crippen molar-refractivity contribution in [1.29, 1.82) is 0 Å². The van der Waals surface area contributed by atoms with E-state index in [4.69, 9.17) is 5.73 Å². The summed E-state index contributed by atoms with van der Waals surface area (Å²) in [5, 5.41) is 4.30. The van der Waals surface area contributed by atoms with Gasteiger partial charge in [0.1, 0.15) is 11.6 Å². The Morgan fingerprint density at radius 2 is 1.17 bits per heavy atom. The standard InChI is InChI=1S/C23H25N5O6S2/c1-13(2)22-27-21(24)20(35(31,32)18-9-5-16(6-10-18)25-14(3)29)23(28-22)36(33,34)19-11-7-17(8-12-19)26-15(4)30/h5-13H,1-4H3,(H,25,29)(H,26,30)(H2,24,27,28). The molecule has 2 amide bonds. The Balaban J connectivity index is 2.22. The number of nitrogens with two attached hydrogens (primary N) is 1. The average Bonchev–Trinajstić information content (AvgIpc) is 2.78. The third kappa shape index (κ3) is 5.52. The summed E-state index contributed by atoms with van der Waals surface area (Å²) in [6, 6.07) is 10.4. The fourth-order valence-corrected chi connectivity index (χ4v) is 6.49. The summed E-state index contributed by atoms with van der Waals surface area (Å²) < 4.78 is 54.4. The maximum absolute atomic E-state index is 13.6. The summed E-state index contributed by atoms with van der Waals surface area (Å²) in [7, 11) is -8.99. The molecular weight excluding hydrogens is 506 g/mol. The van der Waals surface area contributed by atoms with Crippen LogP contribution >= 0.6 is 0 Å². The molecule has 0 atom stereocenters. The molecule has 0 radical (unpaired) electrons. The third-order valence-corrected chi connectivity index (χ3v) is 8.55. The van der Waals surface area contributed by atoms with Gasteiger partial charge >= 0.3 is 0 Å². The van der Waals surface area contributed by atoms with Gasteiger partial charge in [-0.3, -0.25) is 9.59 Å². The summed E-state index contributed by atoms with van der Waals surface area (Å²) in [4.78, 5) is 29.4. The SMILES string of the molecule is CC(=O)Nc1ccc(S(=O)(=O)c2nc(C(C)C)nc(N)c2S(=O)(=O)c2ccc(NC(C)=O)cc2)cc1. The number of benzene rings is 2. The smallest absolute Gasteiger partial charge is 0.225 e. The Morgan fingerprint density at radius 3 is 1.56 bits per heavy atom. The predicted octanol–water partition coefficient (Wildman–Crippen LogP) is 2.76. The number of sulfone groups is 2. The van der Waals surface area contributed by atoms with Gasteiger partial charge in [0.2, 0.25) is 31.5 Å². The second-order valence-corrected chi connectivity index (χ2v) is 11.9. The van der Waals surface area contributed by atoms with E-state index in [0.717, 1.165) is 0 Å². The van der Waals surface area contributed by atoms with E-state index in [1.165, 1.54) is 62.4 Å². The van der Waals surface area contributed by atoms with Crippen molar-refractivity contribution in [3.63, 3.8) is 0 Å². The molecule has 13 heteroatoms. The number of hydrogen-bond acceptors (Lipinski definition) is 9. The van der Waals surface area contributed by atoms with Gasteiger partial charge in [0.25, 0.3) is 0 Å². The Morgan fingerprint density at radius 1 is 0.750 bits per heavy atom. The first kappa shape index (κ1) is 26.8. The fourth-order valence-electron chi connectivity index (χ4n) is 3.23. The molecule has 0 saturated carbocycles. The molecule has 36 heavy (non-hydrogen) atoms. The Bertz CT molecular complexity index is 1530. The second kappa shape index (κ2) is 10.0. The van der Waals surface area contributed by atoms with Crippen molar-refractivity contribution < 1.29 is 26.4 Å². The lowest BCUT2D eigenvalue weighted by Gasteiger charge is -2.16. The van der Waals surface area contributed by atoms with E-state index < -0.39 is 35.4 Å². The lowest BCUT2D eigenvalue weighted by Crippen LogP contribution is -2.19. The van der Waals surface area contributed by atoms with E-state index in [1.807, 2.05) is 0 Å². The van der Waals surface area contributed by atoms with Crippen LogP contribution in [0.3, 0.4) is 0 Å². The molecule has 0 spiro atoms. The summed E-state index contributed by atoms with van der Waals surface area (Å²) in [5.41, 5.74) is 6.75. The van der Waals surface area contributed by atoms with Crippen molar-refractivity contribution in [2.75, 3.05) is 16.4 Å². The van der Waals surface area contributed by atoms with E-state index >= 15 is 0 Å². The number of nitrogens with one attached hydrogen (secondary N) is 2. The van der Waals surface area contributed by atoms with E-state index in [9.17, 15) is 26.4 Å². The monoisotopic (exact) mass is 531 g/mol. The van der Waals surface area contributed by atoms with Gasteiger partial charge < -0.3 is 16.4 Å². The van der Waals surface area contributed by atoms with Crippen LogP contribution in [-0.2, 0) is 29.3 Å². The van der Waals surface area contributed by atoms with E-state index in [1.54, 1.807) is 13.8 Å². The molecule has 4 N–H and O–H groups in total. The van der Waals surface area contributed by atoms with Crippen molar-refractivity contribution in [2.24, 2.45) is 0 Å². The zero-order valence-corrected chi connectivity index (χ0v) is 21.6. The van der Waals surface area contributed by atoms with Crippen LogP contribution in [0.25, 0.3) is 0 Å². The highest BCUT2D eigenvalue weighted by molar-refractivity contribution is 7.94. The van der Waals surface area contributed by atoms with Gasteiger partial charge in [-0.05, 0) is 48.5 Å². The lowest BCUT2D eigenvalue weighted by molar-refractivity contribution is -0.115. The van der Waals surface area contributed by atoms with Crippen LogP contribution in [-0.4, -0.2) is 38.6 Å². The van der Waals surface area contributed by atoms with Crippen molar-refractivity contribution in [2.45, 2.75) is 53.3 Å². The molecule has 0 aliphatic rings. The first-order valence-corrected chi connectivity index (χ1v) is 13.6. The first-order valence-electron chi connectivity index (χ1n) is 10.7. The van der Waals surface area contributed by atoms with Crippen molar-refractivity contribution in [3.8, 4) is 0 Å². The first-order chi connectivity index (χ1) is 16.7. The minimum atomic E-state index is -4.50. The number of hydrogen-bond donors (Lipinski definition) is 3. The largest absolute Gasteiger partial charge is 0.382 e. The zero-order valence-electron chi connectivity index (χ0n) is 19.9. The average molecular weight is 532 g/mol. The van der Waals surface area contributed by atoms with Crippen LogP contribution in [0.15, 0.2) is 68.2 Å². The molecule has 1 aromatic heterocycles.